The summed E-state index contributed by atoms with van der Waals surface area (Å²) in [6.45, 7) is 6.48. The van der Waals surface area contributed by atoms with Gasteiger partial charge >= 0.3 is 6.03 Å². The molecule has 2 saturated heterocycles. The maximum Gasteiger partial charge on any atom is 0.317 e. The Morgan fingerprint density at radius 1 is 0.966 bits per heavy atom. The highest BCUT2D eigenvalue weighted by molar-refractivity contribution is 5.91. The molecule has 1 N–H and O–H groups in total. The fourth-order valence-electron chi connectivity index (χ4n) is 4.04. The standard InChI is InChI=1S/C22H28N4O3/c1-17-4-2-5-19(16-17)24-11-13-26(14-12-24)22(28)23-18-7-9-25(10-8-18)21(27)20-6-3-15-29-20/h2-6,15-16,18H,7-14H2,1H3,(H,23,28). The largest absolute Gasteiger partial charge is 0.459 e. The monoisotopic (exact) mass is 396 g/mol. The van der Waals surface area contributed by atoms with Gasteiger partial charge in [0.05, 0.1) is 6.26 Å². The number of piperazine rings is 1. The molecule has 7 nitrogen and oxygen atoms in total. The Labute approximate surface area is 171 Å². The van der Waals surface area contributed by atoms with Crippen LogP contribution in [0.3, 0.4) is 0 Å². The van der Waals surface area contributed by atoms with Crippen molar-refractivity contribution >= 4 is 17.6 Å². The van der Waals surface area contributed by atoms with Crippen LogP contribution in [0.2, 0.25) is 0 Å². The summed E-state index contributed by atoms with van der Waals surface area (Å²) in [5.74, 6) is 0.297. The van der Waals surface area contributed by atoms with Crippen molar-refractivity contribution in [2.24, 2.45) is 0 Å². The van der Waals surface area contributed by atoms with E-state index in [0.29, 0.717) is 18.8 Å². The quantitative estimate of drug-likeness (QED) is 0.866. The van der Waals surface area contributed by atoms with Crippen LogP contribution in [-0.4, -0.2) is 67.0 Å². The van der Waals surface area contributed by atoms with Gasteiger partial charge in [0.15, 0.2) is 5.76 Å². The lowest BCUT2D eigenvalue weighted by Gasteiger charge is -2.38. The van der Waals surface area contributed by atoms with Gasteiger partial charge in [-0.05, 0) is 49.6 Å². The smallest absolute Gasteiger partial charge is 0.317 e. The minimum Gasteiger partial charge on any atom is -0.459 e. The van der Waals surface area contributed by atoms with E-state index in [1.165, 1.54) is 17.5 Å². The van der Waals surface area contributed by atoms with Crippen molar-refractivity contribution in [2.75, 3.05) is 44.2 Å². The number of nitrogens with one attached hydrogen (secondary N) is 1. The Morgan fingerprint density at radius 3 is 2.38 bits per heavy atom. The van der Waals surface area contributed by atoms with E-state index in [1.54, 1.807) is 17.0 Å². The highest BCUT2D eigenvalue weighted by atomic mass is 16.3. The lowest BCUT2D eigenvalue weighted by molar-refractivity contribution is 0.0674. The molecule has 2 aliphatic heterocycles. The first-order valence-corrected chi connectivity index (χ1v) is 10.3. The normalized spacial score (nSPS) is 18.0. The molecule has 4 rings (SSSR count). The van der Waals surface area contributed by atoms with Crippen molar-refractivity contribution in [3.63, 3.8) is 0 Å². The number of carbonyl (C=O) groups excluding carboxylic acids is 2. The van der Waals surface area contributed by atoms with Gasteiger partial charge in [-0.3, -0.25) is 4.79 Å². The summed E-state index contributed by atoms with van der Waals surface area (Å²) in [4.78, 5) is 31.0. The first-order valence-electron chi connectivity index (χ1n) is 10.3. The Hall–Kier alpha value is -2.96. The maximum atomic E-state index is 12.7. The van der Waals surface area contributed by atoms with Crippen LogP contribution in [0.5, 0.6) is 0 Å². The average molecular weight is 396 g/mol. The molecule has 2 fully saturated rings. The summed E-state index contributed by atoms with van der Waals surface area (Å²) in [6.07, 6.45) is 3.04. The van der Waals surface area contributed by atoms with Crippen molar-refractivity contribution < 1.29 is 14.0 Å². The molecule has 154 valence electrons. The third-order valence-corrected chi connectivity index (χ3v) is 5.78. The summed E-state index contributed by atoms with van der Waals surface area (Å²) >= 11 is 0. The van der Waals surface area contributed by atoms with Crippen molar-refractivity contribution in [1.29, 1.82) is 0 Å². The van der Waals surface area contributed by atoms with E-state index in [-0.39, 0.29) is 18.0 Å². The van der Waals surface area contributed by atoms with Crippen molar-refractivity contribution in [3.8, 4) is 0 Å². The molecule has 3 amide bonds. The number of nitrogens with zero attached hydrogens (tertiary/aromatic N) is 3. The Bertz CT molecular complexity index is 836. The third kappa shape index (κ3) is 4.55. The van der Waals surface area contributed by atoms with Crippen LogP contribution in [0.15, 0.2) is 47.1 Å². The highest BCUT2D eigenvalue weighted by Crippen LogP contribution is 2.18. The number of benzene rings is 1. The number of furan rings is 1. The zero-order valence-electron chi connectivity index (χ0n) is 16.8. The Morgan fingerprint density at radius 2 is 1.72 bits per heavy atom. The fraction of sp³-hybridized carbons (Fsp3) is 0.455. The second-order valence-corrected chi connectivity index (χ2v) is 7.81. The van der Waals surface area contributed by atoms with Crippen molar-refractivity contribution in [3.05, 3.63) is 54.0 Å². The summed E-state index contributed by atoms with van der Waals surface area (Å²) < 4.78 is 5.19. The van der Waals surface area contributed by atoms with E-state index in [4.69, 9.17) is 4.42 Å². The molecule has 0 aliphatic carbocycles. The number of piperidine rings is 1. The third-order valence-electron chi connectivity index (χ3n) is 5.78. The van der Waals surface area contributed by atoms with Gasteiger partial charge < -0.3 is 24.4 Å². The van der Waals surface area contributed by atoms with E-state index < -0.39 is 0 Å². The summed E-state index contributed by atoms with van der Waals surface area (Å²) in [6, 6.07) is 12.0. The number of aryl methyl sites for hydroxylation is 1. The molecule has 0 unspecified atom stereocenters. The number of likely N-dealkylation sites (tertiary alicyclic amines) is 1. The predicted octanol–water partition coefficient (Wildman–Crippen LogP) is 2.72. The predicted molar refractivity (Wildman–Crippen MR) is 111 cm³/mol. The molecule has 2 aromatic rings. The first kappa shape index (κ1) is 19.4. The van der Waals surface area contributed by atoms with E-state index >= 15 is 0 Å². The fourth-order valence-corrected chi connectivity index (χ4v) is 4.04. The van der Waals surface area contributed by atoms with Crippen LogP contribution in [0.25, 0.3) is 0 Å². The van der Waals surface area contributed by atoms with Crippen LogP contribution in [0.4, 0.5) is 10.5 Å². The second-order valence-electron chi connectivity index (χ2n) is 7.81. The molecule has 1 aromatic carbocycles. The molecule has 0 spiro atoms. The van der Waals surface area contributed by atoms with Crippen LogP contribution >= 0.6 is 0 Å². The number of carbonyl (C=O) groups is 2. The van der Waals surface area contributed by atoms with Crippen LogP contribution in [0.1, 0.15) is 29.0 Å². The molecule has 0 saturated carbocycles. The van der Waals surface area contributed by atoms with Crippen LogP contribution in [0, 0.1) is 6.92 Å². The maximum absolute atomic E-state index is 12.7. The van der Waals surface area contributed by atoms with E-state index in [9.17, 15) is 9.59 Å². The minimum absolute atomic E-state index is 0.00435. The van der Waals surface area contributed by atoms with Gasteiger partial charge in [-0.1, -0.05) is 12.1 Å². The molecule has 2 aliphatic rings. The molecule has 7 heteroatoms. The van der Waals surface area contributed by atoms with Gasteiger partial charge in [0, 0.05) is 51.0 Å². The molecule has 0 atom stereocenters. The lowest BCUT2D eigenvalue weighted by atomic mass is 10.0. The Kier molecular flexibility index (Phi) is 5.74. The Balaban J connectivity index is 1.22. The van der Waals surface area contributed by atoms with Gasteiger partial charge in [-0.2, -0.15) is 0 Å². The van der Waals surface area contributed by atoms with Crippen LogP contribution < -0.4 is 10.2 Å². The average Bonchev–Trinajstić information content (AvgIpc) is 3.29. The summed E-state index contributed by atoms with van der Waals surface area (Å²) in [5, 5.41) is 3.15. The lowest BCUT2D eigenvalue weighted by Crippen LogP contribution is -2.55. The van der Waals surface area contributed by atoms with Gasteiger partial charge in [0.1, 0.15) is 0 Å². The van der Waals surface area contributed by atoms with Crippen LogP contribution in [-0.2, 0) is 0 Å². The number of hydrogen-bond acceptors (Lipinski definition) is 4. The molecular weight excluding hydrogens is 368 g/mol. The zero-order chi connectivity index (χ0) is 20.2. The summed E-state index contributed by atoms with van der Waals surface area (Å²) in [7, 11) is 0. The molecule has 29 heavy (non-hydrogen) atoms. The molecule has 0 radical (unpaired) electrons. The van der Waals surface area contributed by atoms with Crippen molar-refractivity contribution in [1.82, 2.24) is 15.1 Å². The highest BCUT2D eigenvalue weighted by Gasteiger charge is 2.28. The zero-order valence-corrected chi connectivity index (χ0v) is 16.8. The van der Waals surface area contributed by atoms with E-state index in [0.717, 1.165) is 39.0 Å². The first-order chi connectivity index (χ1) is 14.1. The molecule has 0 bridgehead atoms. The molecule has 1 aromatic heterocycles. The second kappa shape index (κ2) is 8.59. The summed E-state index contributed by atoms with van der Waals surface area (Å²) in [5.41, 5.74) is 2.47. The molecular formula is C22H28N4O3. The van der Waals surface area contributed by atoms with E-state index in [1.807, 2.05) is 4.90 Å². The number of amides is 3. The number of urea groups is 1. The molecule has 3 heterocycles. The van der Waals surface area contributed by atoms with Gasteiger partial charge in [-0.25, -0.2) is 4.79 Å². The number of hydrogen-bond donors (Lipinski definition) is 1. The topological polar surface area (TPSA) is 69.0 Å². The van der Waals surface area contributed by atoms with Gasteiger partial charge in [0.2, 0.25) is 0 Å². The minimum atomic E-state index is -0.0768. The van der Waals surface area contributed by atoms with Crippen molar-refractivity contribution in [2.45, 2.75) is 25.8 Å². The number of anilines is 1. The number of rotatable bonds is 3. The van der Waals surface area contributed by atoms with Gasteiger partial charge in [0.25, 0.3) is 5.91 Å². The SMILES string of the molecule is Cc1cccc(N2CCN(C(=O)NC3CCN(C(=O)c4ccco4)CC3)CC2)c1. The van der Waals surface area contributed by atoms with Gasteiger partial charge in [-0.15, -0.1) is 0 Å². The van der Waals surface area contributed by atoms with E-state index in [2.05, 4.69) is 41.4 Å².